The van der Waals surface area contributed by atoms with Gasteiger partial charge in [-0.2, -0.15) is 0 Å². The highest BCUT2D eigenvalue weighted by Gasteiger charge is 2.50. The molecule has 4 heteroatoms. The van der Waals surface area contributed by atoms with Gasteiger partial charge in [0.15, 0.2) is 6.10 Å². The Labute approximate surface area is 178 Å². The molecule has 3 aromatic rings. The predicted molar refractivity (Wildman–Crippen MR) is 117 cm³/mol. The molecule has 1 aliphatic heterocycles. The summed E-state index contributed by atoms with van der Waals surface area (Å²) in [5.41, 5.74) is 2.78. The quantitative estimate of drug-likeness (QED) is 0.473. The molecular formula is C26H27NO3. The van der Waals surface area contributed by atoms with Gasteiger partial charge in [0.2, 0.25) is 0 Å². The molecule has 1 aliphatic rings. The number of rotatable bonds is 7. The maximum Gasteiger partial charge on any atom is 0.509 e. The number of nitrogens with zero attached hydrogens (tertiary/aromatic N) is 1. The Kier molecular flexibility index (Phi) is 5.86. The van der Waals surface area contributed by atoms with Crippen molar-refractivity contribution in [2.45, 2.75) is 44.7 Å². The number of cyclic esters (lactones) is 2. The van der Waals surface area contributed by atoms with Gasteiger partial charge < -0.3 is 9.47 Å². The third-order valence-corrected chi connectivity index (χ3v) is 5.53. The van der Waals surface area contributed by atoms with Crippen LogP contribution in [0, 0.1) is 0 Å². The van der Waals surface area contributed by atoms with Crippen molar-refractivity contribution in [3.05, 3.63) is 108 Å². The van der Waals surface area contributed by atoms with Gasteiger partial charge in [0.25, 0.3) is 0 Å². The first kappa shape index (κ1) is 20.2. The molecule has 0 aliphatic carbocycles. The van der Waals surface area contributed by atoms with Gasteiger partial charge in [0.05, 0.1) is 6.04 Å². The third-order valence-electron chi connectivity index (χ3n) is 5.53. The van der Waals surface area contributed by atoms with Crippen LogP contribution in [0.1, 0.15) is 36.6 Å². The van der Waals surface area contributed by atoms with Crippen LogP contribution in [-0.4, -0.2) is 22.8 Å². The lowest BCUT2D eigenvalue weighted by Crippen LogP contribution is -2.45. The van der Waals surface area contributed by atoms with Gasteiger partial charge in [-0.3, -0.25) is 4.90 Å². The van der Waals surface area contributed by atoms with E-state index in [1.165, 1.54) is 11.1 Å². The van der Waals surface area contributed by atoms with Crippen LogP contribution in [-0.2, 0) is 22.6 Å². The summed E-state index contributed by atoms with van der Waals surface area (Å²) in [5.74, 6) is 0. The van der Waals surface area contributed by atoms with E-state index in [-0.39, 0.29) is 6.04 Å². The fourth-order valence-electron chi connectivity index (χ4n) is 4.10. The Balaban J connectivity index is 1.76. The summed E-state index contributed by atoms with van der Waals surface area (Å²) in [6.45, 7) is 5.28. The summed E-state index contributed by atoms with van der Waals surface area (Å²) < 4.78 is 11.3. The van der Waals surface area contributed by atoms with Crippen LogP contribution >= 0.6 is 0 Å². The first-order valence-electron chi connectivity index (χ1n) is 10.3. The second kappa shape index (κ2) is 8.72. The van der Waals surface area contributed by atoms with Crippen LogP contribution in [0.4, 0.5) is 4.79 Å². The molecule has 0 radical (unpaired) electrons. The van der Waals surface area contributed by atoms with Crippen molar-refractivity contribution in [1.82, 2.24) is 4.90 Å². The van der Waals surface area contributed by atoms with Crippen LogP contribution in [0.5, 0.6) is 0 Å². The average molecular weight is 402 g/mol. The van der Waals surface area contributed by atoms with E-state index < -0.39 is 17.9 Å². The van der Waals surface area contributed by atoms with Gasteiger partial charge in [0, 0.05) is 13.1 Å². The monoisotopic (exact) mass is 401 g/mol. The van der Waals surface area contributed by atoms with Crippen molar-refractivity contribution in [3.8, 4) is 0 Å². The van der Waals surface area contributed by atoms with E-state index in [9.17, 15) is 4.79 Å². The molecule has 0 amide bonds. The van der Waals surface area contributed by atoms with Crippen LogP contribution in [0.25, 0.3) is 0 Å². The number of hydrogen-bond donors (Lipinski definition) is 0. The average Bonchev–Trinajstić information content (AvgIpc) is 3.02. The Morgan fingerprint density at radius 2 is 1.27 bits per heavy atom. The van der Waals surface area contributed by atoms with Gasteiger partial charge in [-0.15, -0.1) is 0 Å². The first-order valence-corrected chi connectivity index (χ1v) is 10.3. The second-order valence-electron chi connectivity index (χ2n) is 8.23. The van der Waals surface area contributed by atoms with Crippen molar-refractivity contribution in [2.75, 3.05) is 0 Å². The number of benzene rings is 3. The van der Waals surface area contributed by atoms with E-state index in [0.717, 1.165) is 18.7 Å². The minimum absolute atomic E-state index is 0.159. The zero-order chi connectivity index (χ0) is 21.0. The number of hydrogen-bond acceptors (Lipinski definition) is 4. The van der Waals surface area contributed by atoms with Crippen molar-refractivity contribution in [2.24, 2.45) is 0 Å². The zero-order valence-corrected chi connectivity index (χ0v) is 17.4. The van der Waals surface area contributed by atoms with Crippen molar-refractivity contribution in [3.63, 3.8) is 0 Å². The van der Waals surface area contributed by atoms with E-state index in [1.807, 2.05) is 44.2 Å². The number of ether oxygens (including phenoxy) is 2. The largest absolute Gasteiger partial charge is 0.509 e. The van der Waals surface area contributed by atoms with Crippen LogP contribution in [0.15, 0.2) is 91.0 Å². The highest BCUT2D eigenvalue weighted by atomic mass is 16.8. The van der Waals surface area contributed by atoms with E-state index in [0.29, 0.717) is 0 Å². The van der Waals surface area contributed by atoms with Crippen molar-refractivity contribution >= 4 is 6.16 Å². The van der Waals surface area contributed by atoms with Crippen LogP contribution in [0.2, 0.25) is 0 Å². The first-order chi connectivity index (χ1) is 14.5. The zero-order valence-electron chi connectivity index (χ0n) is 17.4. The molecule has 0 unspecified atom stereocenters. The van der Waals surface area contributed by atoms with E-state index in [4.69, 9.17) is 9.47 Å². The predicted octanol–water partition coefficient (Wildman–Crippen LogP) is 5.74. The summed E-state index contributed by atoms with van der Waals surface area (Å²) in [4.78, 5) is 14.5. The van der Waals surface area contributed by atoms with Gasteiger partial charge in [-0.25, -0.2) is 4.79 Å². The van der Waals surface area contributed by atoms with Crippen molar-refractivity contribution in [1.29, 1.82) is 0 Å². The lowest BCUT2D eigenvalue weighted by molar-refractivity contribution is -0.00548. The summed E-state index contributed by atoms with van der Waals surface area (Å²) in [6.07, 6.45) is -1.04. The maximum atomic E-state index is 12.1. The molecule has 4 nitrogen and oxygen atoms in total. The molecule has 3 aromatic carbocycles. The highest BCUT2D eigenvalue weighted by molar-refractivity contribution is 5.63. The number of carbonyl (C=O) groups excluding carboxylic acids is 1. The molecule has 30 heavy (non-hydrogen) atoms. The van der Waals surface area contributed by atoms with Gasteiger partial charge in [-0.1, -0.05) is 91.0 Å². The molecular weight excluding hydrogens is 374 g/mol. The molecule has 1 heterocycles. The molecule has 2 atom stereocenters. The summed E-state index contributed by atoms with van der Waals surface area (Å²) in [5, 5.41) is 0. The van der Waals surface area contributed by atoms with Crippen LogP contribution in [0.3, 0.4) is 0 Å². The fraction of sp³-hybridized carbons (Fsp3) is 0.269. The minimum Gasteiger partial charge on any atom is -0.425 e. The van der Waals surface area contributed by atoms with E-state index in [1.54, 1.807) is 0 Å². The summed E-state index contributed by atoms with van der Waals surface area (Å²) in [7, 11) is 0. The van der Waals surface area contributed by atoms with Gasteiger partial charge >= 0.3 is 6.16 Å². The van der Waals surface area contributed by atoms with Gasteiger partial charge in [0.1, 0.15) is 5.60 Å². The van der Waals surface area contributed by atoms with E-state index in [2.05, 4.69) is 65.6 Å². The summed E-state index contributed by atoms with van der Waals surface area (Å²) >= 11 is 0. The SMILES string of the molecule is CC1(C)OC(=O)O[C@H]1[C@@H](c1ccccc1)N(Cc1ccccc1)Cc1ccccc1. The highest BCUT2D eigenvalue weighted by Crippen LogP contribution is 2.40. The maximum absolute atomic E-state index is 12.1. The topological polar surface area (TPSA) is 38.8 Å². The lowest BCUT2D eigenvalue weighted by atomic mass is 9.88. The Bertz CT molecular complexity index is 916. The van der Waals surface area contributed by atoms with Gasteiger partial charge in [-0.05, 0) is 30.5 Å². The molecule has 1 saturated heterocycles. The minimum atomic E-state index is -0.733. The smallest absolute Gasteiger partial charge is 0.425 e. The Morgan fingerprint density at radius 1 is 0.800 bits per heavy atom. The summed E-state index contributed by atoms with van der Waals surface area (Å²) in [6, 6.07) is 30.8. The molecule has 4 rings (SSSR count). The lowest BCUT2D eigenvalue weighted by Gasteiger charge is -2.38. The molecule has 0 bridgehead atoms. The normalized spacial score (nSPS) is 18.6. The molecule has 0 spiro atoms. The Hall–Kier alpha value is -3.11. The Morgan fingerprint density at radius 3 is 1.70 bits per heavy atom. The number of carbonyl (C=O) groups is 1. The third kappa shape index (κ3) is 4.55. The van der Waals surface area contributed by atoms with Crippen molar-refractivity contribution < 1.29 is 14.3 Å². The molecule has 1 fully saturated rings. The standard InChI is InChI=1S/C26H27NO3/c1-26(2)24(29-25(28)30-26)23(22-16-10-5-11-17-22)27(18-20-12-6-3-7-13-20)19-21-14-8-4-9-15-21/h3-17,23-24H,18-19H2,1-2H3/t23-,24+/m1/s1. The second-order valence-corrected chi connectivity index (χ2v) is 8.23. The van der Waals surface area contributed by atoms with E-state index >= 15 is 0 Å². The molecule has 0 N–H and O–H groups in total. The molecule has 0 aromatic heterocycles. The van der Waals surface area contributed by atoms with Crippen LogP contribution < -0.4 is 0 Å². The fourth-order valence-corrected chi connectivity index (χ4v) is 4.10. The molecule has 0 saturated carbocycles. The molecule has 154 valence electrons.